The van der Waals surface area contributed by atoms with Crippen molar-refractivity contribution in [1.82, 2.24) is 0 Å². The van der Waals surface area contributed by atoms with Crippen LogP contribution in [0, 0.1) is 0 Å². The van der Waals surface area contributed by atoms with E-state index < -0.39 is 6.10 Å². The van der Waals surface area contributed by atoms with Crippen LogP contribution in [0.5, 0.6) is 5.75 Å². The van der Waals surface area contributed by atoms with Gasteiger partial charge in [-0.2, -0.15) is 0 Å². The summed E-state index contributed by atoms with van der Waals surface area (Å²) in [6.45, 7) is 2.08. The van der Waals surface area contributed by atoms with Gasteiger partial charge in [-0.25, -0.2) is 0 Å². The summed E-state index contributed by atoms with van der Waals surface area (Å²) in [4.78, 5) is 0. The molecule has 4 heteroatoms. The molecule has 2 unspecified atom stereocenters. The first-order chi connectivity index (χ1) is 8.58. The largest absolute Gasteiger partial charge is 0.496 e. The highest BCUT2D eigenvalue weighted by molar-refractivity contribution is 9.10. The summed E-state index contributed by atoms with van der Waals surface area (Å²) in [6.07, 6.45) is 2.96. The fourth-order valence-electron chi connectivity index (χ4n) is 1.92. The topological polar surface area (TPSA) is 55.5 Å². The lowest BCUT2D eigenvalue weighted by atomic mass is 9.99. The van der Waals surface area contributed by atoms with E-state index in [0.717, 1.165) is 29.5 Å². The number of benzene rings is 1. The summed E-state index contributed by atoms with van der Waals surface area (Å²) >= 11 is 3.46. The van der Waals surface area contributed by atoms with Crippen LogP contribution < -0.4 is 10.5 Å². The molecule has 3 nitrogen and oxygen atoms in total. The van der Waals surface area contributed by atoms with Crippen LogP contribution in [0.4, 0.5) is 0 Å². The van der Waals surface area contributed by atoms with Gasteiger partial charge in [-0.1, -0.05) is 19.4 Å². The van der Waals surface area contributed by atoms with Crippen LogP contribution in [-0.2, 0) is 6.42 Å². The third-order valence-corrected chi connectivity index (χ3v) is 3.68. The Morgan fingerprint density at radius 1 is 1.39 bits per heavy atom. The molecule has 0 aliphatic carbocycles. The molecule has 0 bridgehead atoms. The molecule has 0 spiro atoms. The van der Waals surface area contributed by atoms with Crippen LogP contribution >= 0.6 is 15.9 Å². The van der Waals surface area contributed by atoms with Gasteiger partial charge in [0.05, 0.1) is 17.7 Å². The highest BCUT2D eigenvalue weighted by Crippen LogP contribution is 2.26. The predicted molar refractivity (Wildman–Crippen MR) is 77.9 cm³/mol. The third kappa shape index (κ3) is 4.59. The average molecular weight is 316 g/mol. The van der Waals surface area contributed by atoms with E-state index in [4.69, 9.17) is 10.5 Å². The lowest BCUT2D eigenvalue weighted by Gasteiger charge is -2.18. The van der Waals surface area contributed by atoms with Crippen LogP contribution in [0.25, 0.3) is 0 Å². The van der Waals surface area contributed by atoms with E-state index in [-0.39, 0.29) is 6.04 Å². The predicted octanol–water partition coefficient (Wildman–Crippen LogP) is 2.88. The number of aliphatic hydroxyl groups is 1. The molecule has 0 fully saturated rings. The highest BCUT2D eigenvalue weighted by atomic mass is 79.9. The standard InChI is InChI=1S/C14H22BrNO2/c1-3-4-12(16)13(17)7-5-10-6-8-14(18-2)11(15)9-10/h6,8-9,12-13,17H,3-5,7,16H2,1-2H3. The van der Waals surface area contributed by atoms with Crippen LogP contribution in [0.1, 0.15) is 31.7 Å². The number of halogens is 1. The Kier molecular flexibility index (Phi) is 6.68. The van der Waals surface area contributed by atoms with E-state index >= 15 is 0 Å². The van der Waals surface area contributed by atoms with Gasteiger partial charge in [0.25, 0.3) is 0 Å². The van der Waals surface area contributed by atoms with Crippen LogP contribution in [0.15, 0.2) is 22.7 Å². The molecule has 102 valence electrons. The minimum absolute atomic E-state index is 0.114. The first kappa shape index (κ1) is 15.5. The Morgan fingerprint density at radius 3 is 2.67 bits per heavy atom. The zero-order chi connectivity index (χ0) is 13.5. The number of aryl methyl sites for hydroxylation is 1. The maximum atomic E-state index is 9.92. The van der Waals surface area contributed by atoms with E-state index in [2.05, 4.69) is 22.9 Å². The molecule has 0 heterocycles. The molecular formula is C14H22BrNO2. The van der Waals surface area contributed by atoms with Gasteiger partial charge in [-0.15, -0.1) is 0 Å². The van der Waals surface area contributed by atoms with Crippen molar-refractivity contribution in [3.8, 4) is 5.75 Å². The molecule has 1 aromatic carbocycles. The lowest BCUT2D eigenvalue weighted by molar-refractivity contribution is 0.131. The van der Waals surface area contributed by atoms with Crippen molar-refractivity contribution < 1.29 is 9.84 Å². The monoisotopic (exact) mass is 315 g/mol. The van der Waals surface area contributed by atoms with E-state index in [1.807, 2.05) is 18.2 Å². The normalized spacial score (nSPS) is 14.3. The molecule has 0 amide bonds. The molecule has 0 aliphatic rings. The summed E-state index contributed by atoms with van der Waals surface area (Å²) in [6, 6.07) is 5.85. The summed E-state index contributed by atoms with van der Waals surface area (Å²) in [5.41, 5.74) is 7.06. The van der Waals surface area contributed by atoms with Crippen molar-refractivity contribution in [2.75, 3.05) is 7.11 Å². The summed E-state index contributed by atoms with van der Waals surface area (Å²) in [5.74, 6) is 0.821. The van der Waals surface area contributed by atoms with Crippen molar-refractivity contribution in [3.05, 3.63) is 28.2 Å². The van der Waals surface area contributed by atoms with Gasteiger partial charge in [0.2, 0.25) is 0 Å². The molecule has 0 saturated carbocycles. The quantitative estimate of drug-likeness (QED) is 0.813. The van der Waals surface area contributed by atoms with Gasteiger partial charge >= 0.3 is 0 Å². The Hall–Kier alpha value is -0.580. The highest BCUT2D eigenvalue weighted by Gasteiger charge is 2.13. The minimum Gasteiger partial charge on any atom is -0.496 e. The van der Waals surface area contributed by atoms with E-state index in [1.54, 1.807) is 7.11 Å². The van der Waals surface area contributed by atoms with E-state index in [9.17, 15) is 5.11 Å². The van der Waals surface area contributed by atoms with Crippen molar-refractivity contribution in [2.24, 2.45) is 5.73 Å². The first-order valence-corrected chi connectivity index (χ1v) is 7.13. The number of aliphatic hydroxyl groups excluding tert-OH is 1. The molecule has 0 saturated heterocycles. The molecule has 3 N–H and O–H groups in total. The Bertz CT molecular complexity index is 371. The molecule has 1 rings (SSSR count). The maximum absolute atomic E-state index is 9.92. The molecule has 18 heavy (non-hydrogen) atoms. The van der Waals surface area contributed by atoms with E-state index in [0.29, 0.717) is 6.42 Å². The Balaban J connectivity index is 2.50. The van der Waals surface area contributed by atoms with Crippen LogP contribution in [0.3, 0.4) is 0 Å². The average Bonchev–Trinajstić information content (AvgIpc) is 2.36. The summed E-state index contributed by atoms with van der Waals surface area (Å²) in [7, 11) is 1.65. The number of methoxy groups -OCH3 is 1. The number of hydrogen-bond donors (Lipinski definition) is 2. The Labute approximate surface area is 117 Å². The second kappa shape index (κ2) is 7.77. The zero-order valence-corrected chi connectivity index (χ0v) is 12.6. The molecule has 0 aromatic heterocycles. The van der Waals surface area contributed by atoms with Gasteiger partial charge in [0.15, 0.2) is 0 Å². The summed E-state index contributed by atoms with van der Waals surface area (Å²) in [5, 5.41) is 9.92. The molecule has 2 atom stereocenters. The zero-order valence-electron chi connectivity index (χ0n) is 11.0. The van der Waals surface area contributed by atoms with Crippen LogP contribution in [-0.4, -0.2) is 24.4 Å². The van der Waals surface area contributed by atoms with Crippen molar-refractivity contribution >= 4 is 15.9 Å². The van der Waals surface area contributed by atoms with Crippen molar-refractivity contribution in [3.63, 3.8) is 0 Å². The maximum Gasteiger partial charge on any atom is 0.133 e. The Morgan fingerprint density at radius 2 is 2.11 bits per heavy atom. The van der Waals surface area contributed by atoms with Crippen molar-refractivity contribution in [1.29, 1.82) is 0 Å². The van der Waals surface area contributed by atoms with Crippen molar-refractivity contribution in [2.45, 2.75) is 44.8 Å². The second-order valence-electron chi connectivity index (χ2n) is 4.53. The number of rotatable bonds is 7. The van der Waals surface area contributed by atoms with Gasteiger partial charge in [0.1, 0.15) is 5.75 Å². The second-order valence-corrected chi connectivity index (χ2v) is 5.38. The number of ether oxygens (including phenoxy) is 1. The van der Waals surface area contributed by atoms with Gasteiger partial charge < -0.3 is 15.6 Å². The fraction of sp³-hybridized carbons (Fsp3) is 0.571. The van der Waals surface area contributed by atoms with Gasteiger partial charge in [-0.3, -0.25) is 0 Å². The lowest BCUT2D eigenvalue weighted by Crippen LogP contribution is -2.34. The smallest absolute Gasteiger partial charge is 0.133 e. The third-order valence-electron chi connectivity index (χ3n) is 3.06. The number of hydrogen-bond acceptors (Lipinski definition) is 3. The minimum atomic E-state index is -0.425. The van der Waals surface area contributed by atoms with E-state index in [1.165, 1.54) is 5.56 Å². The first-order valence-electron chi connectivity index (χ1n) is 6.34. The number of nitrogens with two attached hydrogens (primary N) is 1. The fourth-order valence-corrected chi connectivity index (χ4v) is 2.51. The molecular weight excluding hydrogens is 294 g/mol. The SMILES string of the molecule is CCCC(N)C(O)CCc1ccc(OC)c(Br)c1. The molecule has 0 radical (unpaired) electrons. The molecule has 1 aromatic rings. The van der Waals surface area contributed by atoms with Gasteiger partial charge in [-0.05, 0) is 52.9 Å². The molecule has 0 aliphatic heterocycles. The van der Waals surface area contributed by atoms with Crippen LogP contribution in [0.2, 0.25) is 0 Å². The van der Waals surface area contributed by atoms with Gasteiger partial charge in [0, 0.05) is 6.04 Å². The summed E-state index contributed by atoms with van der Waals surface area (Å²) < 4.78 is 6.12.